The topological polar surface area (TPSA) is 35.5 Å². The molecule has 3 nitrogen and oxygen atoms in total. The molecule has 0 saturated heterocycles. The third-order valence-electron chi connectivity index (χ3n) is 6.88. The van der Waals surface area contributed by atoms with Gasteiger partial charge in [-0.25, -0.2) is 4.57 Å². The molecule has 0 aliphatic heterocycles. The van der Waals surface area contributed by atoms with E-state index in [4.69, 9.17) is 9.05 Å². The van der Waals surface area contributed by atoms with Gasteiger partial charge < -0.3 is 9.05 Å². The third-order valence-corrected chi connectivity index (χ3v) is 8.69. The predicted molar refractivity (Wildman–Crippen MR) is 156 cm³/mol. The second-order valence-electron chi connectivity index (χ2n) is 10.1. The molecule has 0 radical (unpaired) electrons. The van der Waals surface area contributed by atoms with E-state index < -0.39 is 7.60 Å². The van der Waals surface area contributed by atoms with Gasteiger partial charge in [0.25, 0.3) is 0 Å². The largest absolute Gasteiger partial charge is 0.430 e. The summed E-state index contributed by atoms with van der Waals surface area (Å²) in [7, 11) is -3.39. The van der Waals surface area contributed by atoms with Gasteiger partial charge in [0, 0.05) is 0 Å². The molecule has 202 valence electrons. The fourth-order valence-corrected chi connectivity index (χ4v) is 6.50. The van der Waals surface area contributed by atoms with Gasteiger partial charge in [-0.2, -0.15) is 0 Å². The molecule has 0 heterocycles. The van der Waals surface area contributed by atoms with Crippen molar-refractivity contribution < 1.29 is 13.6 Å². The summed E-state index contributed by atoms with van der Waals surface area (Å²) in [6.07, 6.45) is 15.2. The Kier molecular flexibility index (Phi) is 14.3. The summed E-state index contributed by atoms with van der Waals surface area (Å²) in [4.78, 5) is 0. The van der Waals surface area contributed by atoms with E-state index in [1.54, 1.807) is 0 Å². The number of hydrogen-bond donors (Lipinski definition) is 0. The Labute approximate surface area is 221 Å². The molecule has 0 spiro atoms. The number of rotatable bonds is 19. The van der Waals surface area contributed by atoms with Crippen molar-refractivity contribution in [3.63, 3.8) is 0 Å². The van der Waals surface area contributed by atoms with E-state index in [-0.39, 0.29) is 0 Å². The molecular weight excluding hydrogens is 463 g/mol. The van der Waals surface area contributed by atoms with Crippen LogP contribution in [-0.4, -0.2) is 6.16 Å². The predicted octanol–water partition coefficient (Wildman–Crippen LogP) is 10.5. The quantitative estimate of drug-likeness (QED) is 0.175. The van der Waals surface area contributed by atoms with Crippen LogP contribution in [0.2, 0.25) is 0 Å². The first-order chi connectivity index (χ1) is 17.5. The first kappa shape index (κ1) is 30.5. The van der Waals surface area contributed by atoms with Crippen molar-refractivity contribution in [3.05, 3.63) is 58.7 Å². The summed E-state index contributed by atoms with van der Waals surface area (Å²) >= 11 is 0. The summed E-state index contributed by atoms with van der Waals surface area (Å²) < 4.78 is 27.3. The van der Waals surface area contributed by atoms with E-state index in [0.29, 0.717) is 6.16 Å². The summed E-state index contributed by atoms with van der Waals surface area (Å²) in [6, 6.07) is 12.5. The van der Waals surface area contributed by atoms with Crippen molar-refractivity contribution >= 4 is 7.60 Å². The van der Waals surface area contributed by atoms with E-state index >= 15 is 0 Å². The smallest absolute Gasteiger partial charge is 0.416 e. The zero-order valence-electron chi connectivity index (χ0n) is 23.7. The first-order valence-corrected chi connectivity index (χ1v) is 16.4. The van der Waals surface area contributed by atoms with Gasteiger partial charge in [0.05, 0.1) is 6.16 Å². The normalized spacial score (nSPS) is 11.6. The van der Waals surface area contributed by atoms with Crippen LogP contribution < -0.4 is 9.05 Å². The highest BCUT2D eigenvalue weighted by Crippen LogP contribution is 2.51. The molecule has 0 unspecified atom stereocenters. The molecule has 0 bridgehead atoms. The minimum atomic E-state index is -3.39. The van der Waals surface area contributed by atoms with Gasteiger partial charge >= 0.3 is 7.60 Å². The molecular formula is C32H51O3P. The molecule has 0 aliphatic rings. The molecule has 0 atom stereocenters. The standard InChI is InChI=1S/C32H51O3P/c1-6-11-18-27-20-16-24-31(29(27)22-13-8-3)34-36(33,26-15-10-5)35-32-25-17-21-28(19-12-7-2)30(32)23-14-9-4/h16-17,20-21,24-25H,6-15,18-19,22-23,26H2,1-5H3. The van der Waals surface area contributed by atoms with Crippen LogP contribution in [0.25, 0.3) is 0 Å². The summed E-state index contributed by atoms with van der Waals surface area (Å²) in [5.74, 6) is 1.52. The number of benzene rings is 2. The van der Waals surface area contributed by atoms with Gasteiger partial charge in [0.15, 0.2) is 0 Å². The maximum absolute atomic E-state index is 14.4. The Balaban J connectivity index is 2.45. The highest BCUT2D eigenvalue weighted by molar-refractivity contribution is 7.54. The van der Waals surface area contributed by atoms with Crippen LogP contribution in [0.1, 0.15) is 121 Å². The first-order valence-electron chi connectivity index (χ1n) is 14.7. The molecule has 0 N–H and O–H groups in total. The molecule has 2 aromatic rings. The van der Waals surface area contributed by atoms with E-state index in [2.05, 4.69) is 58.9 Å². The number of unbranched alkanes of at least 4 members (excludes halogenated alkanes) is 5. The average Bonchev–Trinajstić information content (AvgIpc) is 2.88. The van der Waals surface area contributed by atoms with Crippen LogP contribution in [0.4, 0.5) is 0 Å². The van der Waals surface area contributed by atoms with Gasteiger partial charge in [-0.1, -0.05) is 91.0 Å². The van der Waals surface area contributed by atoms with Crippen molar-refractivity contribution in [2.75, 3.05) is 6.16 Å². The van der Waals surface area contributed by atoms with Gasteiger partial charge in [0.2, 0.25) is 0 Å². The maximum Gasteiger partial charge on any atom is 0.430 e. The third kappa shape index (κ3) is 9.62. The van der Waals surface area contributed by atoms with E-state index in [1.165, 1.54) is 22.3 Å². The van der Waals surface area contributed by atoms with Gasteiger partial charge in [-0.05, 0) is 92.2 Å². The minimum Gasteiger partial charge on any atom is -0.416 e. The zero-order valence-corrected chi connectivity index (χ0v) is 24.6. The lowest BCUT2D eigenvalue weighted by molar-refractivity contribution is 0.380. The Hall–Kier alpha value is -1.73. The molecule has 2 rings (SSSR count). The van der Waals surface area contributed by atoms with Crippen LogP contribution in [0.3, 0.4) is 0 Å². The minimum absolute atomic E-state index is 0.433. The second-order valence-corrected chi connectivity index (χ2v) is 12.1. The molecule has 0 aliphatic carbocycles. The number of hydrogen-bond acceptors (Lipinski definition) is 3. The fourth-order valence-electron chi connectivity index (χ4n) is 4.63. The van der Waals surface area contributed by atoms with Crippen LogP contribution in [0.5, 0.6) is 11.5 Å². The van der Waals surface area contributed by atoms with Crippen LogP contribution in [0, 0.1) is 0 Å². The molecule has 0 aromatic heterocycles. The molecule has 2 aromatic carbocycles. The lowest BCUT2D eigenvalue weighted by atomic mass is 9.97. The SMILES string of the molecule is CCCCc1cccc(OP(=O)(CCCC)Oc2cccc(CCCC)c2CCCC)c1CCCC. The van der Waals surface area contributed by atoms with E-state index in [9.17, 15) is 4.57 Å². The molecule has 0 amide bonds. The van der Waals surface area contributed by atoms with Gasteiger partial charge in [0.1, 0.15) is 11.5 Å². The van der Waals surface area contributed by atoms with Gasteiger partial charge in [-0.3, -0.25) is 0 Å². The highest BCUT2D eigenvalue weighted by Gasteiger charge is 2.30. The van der Waals surface area contributed by atoms with E-state index in [1.807, 2.05) is 12.1 Å². The highest BCUT2D eigenvalue weighted by atomic mass is 31.2. The zero-order chi connectivity index (χ0) is 26.2. The monoisotopic (exact) mass is 514 g/mol. The summed E-state index contributed by atoms with van der Waals surface area (Å²) in [5, 5.41) is 0. The molecule has 0 fully saturated rings. The lowest BCUT2D eigenvalue weighted by Gasteiger charge is -2.25. The summed E-state index contributed by atoms with van der Waals surface area (Å²) in [6.45, 7) is 11.0. The van der Waals surface area contributed by atoms with Crippen molar-refractivity contribution in [1.82, 2.24) is 0 Å². The second kappa shape index (κ2) is 16.9. The number of aryl methyl sites for hydroxylation is 2. The average molecular weight is 515 g/mol. The van der Waals surface area contributed by atoms with Crippen LogP contribution in [-0.2, 0) is 30.2 Å². The van der Waals surface area contributed by atoms with E-state index in [0.717, 1.165) is 101 Å². The van der Waals surface area contributed by atoms with Crippen LogP contribution >= 0.6 is 7.60 Å². The summed E-state index contributed by atoms with van der Waals surface area (Å²) in [5.41, 5.74) is 5.09. The van der Waals surface area contributed by atoms with Crippen molar-refractivity contribution in [2.45, 2.75) is 125 Å². The Morgan fingerprint density at radius 3 is 1.33 bits per heavy atom. The Bertz CT molecular complexity index is 867. The molecule has 0 saturated carbocycles. The Morgan fingerprint density at radius 2 is 0.944 bits per heavy atom. The maximum atomic E-state index is 14.4. The van der Waals surface area contributed by atoms with Crippen LogP contribution in [0.15, 0.2) is 36.4 Å². The van der Waals surface area contributed by atoms with Crippen molar-refractivity contribution in [1.29, 1.82) is 0 Å². The van der Waals surface area contributed by atoms with Gasteiger partial charge in [-0.15, -0.1) is 0 Å². The van der Waals surface area contributed by atoms with Crippen molar-refractivity contribution in [2.24, 2.45) is 0 Å². The molecule has 4 heteroatoms. The molecule has 36 heavy (non-hydrogen) atoms. The Morgan fingerprint density at radius 1 is 0.556 bits per heavy atom. The lowest BCUT2D eigenvalue weighted by Crippen LogP contribution is -2.10. The fraction of sp³-hybridized carbons (Fsp3) is 0.625. The van der Waals surface area contributed by atoms with Crippen molar-refractivity contribution in [3.8, 4) is 11.5 Å².